The van der Waals surface area contributed by atoms with E-state index in [0.717, 1.165) is 35.7 Å². The number of aliphatic hydroxyl groups excluding tert-OH is 1. The number of aliphatic hydroxyl groups is 1. The Morgan fingerprint density at radius 3 is 2.55 bits per heavy atom. The topological polar surface area (TPSA) is 38.0 Å². The van der Waals surface area contributed by atoms with Crippen LogP contribution in [-0.4, -0.2) is 21.0 Å². The Morgan fingerprint density at radius 1 is 1.40 bits per heavy atom. The lowest BCUT2D eigenvalue weighted by atomic mass is 9.65. The van der Waals surface area contributed by atoms with Crippen LogP contribution in [0.1, 0.15) is 51.4 Å². The van der Waals surface area contributed by atoms with E-state index in [1.54, 1.807) is 0 Å². The van der Waals surface area contributed by atoms with E-state index in [0.29, 0.717) is 11.8 Å². The molecule has 114 valence electrons. The Balaban J connectivity index is 2.18. The summed E-state index contributed by atoms with van der Waals surface area (Å²) in [4.78, 5) is 0. The number of halogens is 1. The summed E-state index contributed by atoms with van der Waals surface area (Å²) in [6.45, 7) is 8.66. The lowest BCUT2D eigenvalue weighted by molar-refractivity contribution is -0.0131. The van der Waals surface area contributed by atoms with E-state index in [9.17, 15) is 5.11 Å². The van der Waals surface area contributed by atoms with Gasteiger partial charge in [-0.2, -0.15) is 5.10 Å². The van der Waals surface area contributed by atoms with E-state index in [2.05, 4.69) is 25.9 Å². The number of hydrogen-bond acceptors (Lipinski definition) is 2. The Kier molecular flexibility index (Phi) is 4.50. The van der Waals surface area contributed by atoms with Gasteiger partial charge in [-0.3, -0.25) is 4.68 Å². The molecule has 1 N–H and O–H groups in total. The number of hydrogen-bond donors (Lipinski definition) is 1. The molecule has 3 atom stereocenters. The first-order valence-electron chi connectivity index (χ1n) is 7.58. The van der Waals surface area contributed by atoms with Gasteiger partial charge in [0.05, 0.1) is 22.5 Å². The van der Waals surface area contributed by atoms with Crippen LogP contribution in [0.4, 0.5) is 0 Å². The van der Waals surface area contributed by atoms with Crippen LogP contribution in [0, 0.1) is 24.2 Å². The first kappa shape index (κ1) is 15.8. The maximum Gasteiger partial charge on any atom is 0.0847 e. The van der Waals surface area contributed by atoms with Crippen LogP contribution in [0.5, 0.6) is 0 Å². The van der Waals surface area contributed by atoms with Crippen LogP contribution in [0.3, 0.4) is 0 Å². The minimum atomic E-state index is -0.193. The van der Waals surface area contributed by atoms with Gasteiger partial charge < -0.3 is 5.11 Å². The average molecular weight is 299 g/mol. The Bertz CT molecular complexity index is 481. The highest BCUT2D eigenvalue weighted by Crippen LogP contribution is 2.43. The molecule has 4 heteroatoms. The van der Waals surface area contributed by atoms with Gasteiger partial charge in [0.2, 0.25) is 0 Å². The lowest BCUT2D eigenvalue weighted by Crippen LogP contribution is -2.40. The summed E-state index contributed by atoms with van der Waals surface area (Å²) in [5, 5.41) is 15.6. The summed E-state index contributed by atoms with van der Waals surface area (Å²) in [6.07, 6.45) is 3.90. The van der Waals surface area contributed by atoms with Crippen molar-refractivity contribution in [3.63, 3.8) is 0 Å². The molecule has 0 saturated heterocycles. The van der Waals surface area contributed by atoms with Gasteiger partial charge >= 0.3 is 0 Å². The van der Waals surface area contributed by atoms with E-state index in [-0.39, 0.29) is 11.5 Å². The second-order valence-electron chi connectivity index (χ2n) is 7.23. The third-order valence-electron chi connectivity index (χ3n) is 4.97. The van der Waals surface area contributed by atoms with Crippen LogP contribution < -0.4 is 0 Å². The Labute approximate surface area is 127 Å². The molecule has 0 radical (unpaired) electrons. The zero-order valence-electron chi connectivity index (χ0n) is 13.3. The van der Waals surface area contributed by atoms with Crippen LogP contribution >= 0.6 is 11.6 Å². The van der Waals surface area contributed by atoms with Crippen molar-refractivity contribution in [3.8, 4) is 0 Å². The number of rotatable bonds is 3. The first-order valence-corrected chi connectivity index (χ1v) is 7.96. The van der Waals surface area contributed by atoms with Gasteiger partial charge in [0.25, 0.3) is 0 Å². The number of aromatic nitrogens is 2. The third-order valence-corrected chi connectivity index (χ3v) is 5.46. The normalized spacial score (nSPS) is 27.9. The Hall–Kier alpha value is -0.540. The molecule has 3 unspecified atom stereocenters. The molecule has 20 heavy (non-hydrogen) atoms. The highest BCUT2D eigenvalue weighted by molar-refractivity contribution is 6.31. The molecule has 0 spiro atoms. The largest absolute Gasteiger partial charge is 0.393 e. The van der Waals surface area contributed by atoms with E-state index < -0.39 is 0 Å². The summed E-state index contributed by atoms with van der Waals surface area (Å²) in [5.41, 5.74) is 2.00. The molecule has 0 amide bonds. The van der Waals surface area contributed by atoms with Gasteiger partial charge in [-0.05, 0) is 43.4 Å². The second-order valence-corrected chi connectivity index (χ2v) is 7.61. The Morgan fingerprint density at radius 2 is 2.05 bits per heavy atom. The van der Waals surface area contributed by atoms with Gasteiger partial charge in [0.1, 0.15) is 0 Å². The molecule has 1 aromatic heterocycles. The fraction of sp³-hybridized carbons (Fsp3) is 0.812. The van der Waals surface area contributed by atoms with Crippen LogP contribution in [0.2, 0.25) is 5.02 Å². The number of nitrogens with zero attached hydrogens (tertiary/aromatic N) is 2. The lowest BCUT2D eigenvalue weighted by Gasteiger charge is -2.42. The van der Waals surface area contributed by atoms with Crippen molar-refractivity contribution in [2.75, 3.05) is 0 Å². The average Bonchev–Trinajstić information content (AvgIpc) is 2.55. The predicted molar refractivity (Wildman–Crippen MR) is 83.0 cm³/mol. The van der Waals surface area contributed by atoms with E-state index in [1.165, 1.54) is 6.42 Å². The summed E-state index contributed by atoms with van der Waals surface area (Å²) in [7, 11) is 1.95. The van der Waals surface area contributed by atoms with Crippen molar-refractivity contribution in [2.45, 2.75) is 59.5 Å². The standard InChI is InChI=1S/C16H27ClN2O/c1-10-6-7-12(14(20)8-10)16(3,4)9-13-15(17)11(2)18-19(13)5/h10,12,14,20H,6-9H2,1-5H3. The SMILES string of the molecule is Cc1nn(C)c(CC(C)(C)C2CCC(C)CC2O)c1Cl. The zero-order valence-corrected chi connectivity index (χ0v) is 14.0. The smallest absolute Gasteiger partial charge is 0.0847 e. The van der Waals surface area contributed by atoms with Crippen molar-refractivity contribution in [1.29, 1.82) is 0 Å². The van der Waals surface area contributed by atoms with Crippen molar-refractivity contribution >= 4 is 11.6 Å². The molecule has 1 fully saturated rings. The minimum absolute atomic E-state index is 0.0312. The molecule has 0 bridgehead atoms. The molecule has 0 aromatic carbocycles. The van der Waals surface area contributed by atoms with Crippen LogP contribution in [-0.2, 0) is 13.5 Å². The molecule has 2 rings (SSSR count). The monoisotopic (exact) mass is 298 g/mol. The van der Waals surface area contributed by atoms with Crippen molar-refractivity contribution < 1.29 is 5.11 Å². The van der Waals surface area contributed by atoms with E-state index in [4.69, 9.17) is 11.6 Å². The second kappa shape index (κ2) is 5.69. The third kappa shape index (κ3) is 3.04. The summed E-state index contributed by atoms with van der Waals surface area (Å²) in [6, 6.07) is 0. The fourth-order valence-corrected chi connectivity index (χ4v) is 3.92. The zero-order chi connectivity index (χ0) is 15.1. The highest BCUT2D eigenvalue weighted by atomic mass is 35.5. The molecule has 1 aromatic rings. The van der Waals surface area contributed by atoms with Crippen LogP contribution in [0.25, 0.3) is 0 Å². The molecule has 0 aliphatic heterocycles. The first-order chi connectivity index (χ1) is 9.22. The van der Waals surface area contributed by atoms with Gasteiger partial charge in [0, 0.05) is 7.05 Å². The number of aryl methyl sites for hydroxylation is 2. The summed E-state index contributed by atoms with van der Waals surface area (Å²) < 4.78 is 1.89. The van der Waals surface area contributed by atoms with Crippen molar-refractivity contribution in [2.24, 2.45) is 24.3 Å². The highest BCUT2D eigenvalue weighted by Gasteiger charge is 2.39. The van der Waals surface area contributed by atoms with E-state index in [1.807, 2.05) is 18.7 Å². The molecule has 1 aliphatic rings. The van der Waals surface area contributed by atoms with E-state index >= 15 is 0 Å². The molecule has 1 saturated carbocycles. The van der Waals surface area contributed by atoms with Crippen molar-refractivity contribution in [1.82, 2.24) is 9.78 Å². The molecule has 3 nitrogen and oxygen atoms in total. The van der Waals surface area contributed by atoms with Gasteiger partial charge in [-0.15, -0.1) is 0 Å². The summed E-state index contributed by atoms with van der Waals surface area (Å²) in [5.74, 6) is 0.976. The molecule has 1 heterocycles. The maximum absolute atomic E-state index is 10.4. The van der Waals surface area contributed by atoms with Gasteiger partial charge in [0.15, 0.2) is 0 Å². The quantitative estimate of drug-likeness (QED) is 0.923. The maximum atomic E-state index is 10.4. The van der Waals surface area contributed by atoms with Gasteiger partial charge in [-0.1, -0.05) is 38.8 Å². The molecule has 1 aliphatic carbocycles. The molecular formula is C16H27ClN2O. The predicted octanol–water partition coefficient (Wildman–Crippen LogP) is 3.75. The van der Waals surface area contributed by atoms with Crippen molar-refractivity contribution in [3.05, 3.63) is 16.4 Å². The summed E-state index contributed by atoms with van der Waals surface area (Å²) >= 11 is 6.37. The van der Waals surface area contributed by atoms with Gasteiger partial charge in [-0.25, -0.2) is 0 Å². The van der Waals surface area contributed by atoms with Crippen LogP contribution in [0.15, 0.2) is 0 Å². The minimum Gasteiger partial charge on any atom is -0.393 e. The fourth-order valence-electron chi connectivity index (χ4n) is 3.70. The molecular weight excluding hydrogens is 272 g/mol.